The van der Waals surface area contributed by atoms with E-state index < -0.39 is 11.9 Å². The summed E-state index contributed by atoms with van der Waals surface area (Å²) in [5.41, 5.74) is 1.26. The van der Waals surface area contributed by atoms with E-state index in [1.165, 1.54) is 11.3 Å². The van der Waals surface area contributed by atoms with Crippen LogP contribution in [0.1, 0.15) is 12.6 Å². The first-order chi connectivity index (χ1) is 10.6. The van der Waals surface area contributed by atoms with E-state index in [0.717, 1.165) is 5.69 Å². The smallest absolute Gasteiger partial charge is 0.397 e. The molecule has 8 nitrogen and oxygen atoms in total. The lowest BCUT2D eigenvalue weighted by Gasteiger charge is -2.04. The molecule has 1 N–H and O–H groups in total. The molecule has 2 aromatic rings. The van der Waals surface area contributed by atoms with E-state index in [0.29, 0.717) is 18.1 Å². The lowest BCUT2D eigenvalue weighted by atomic mass is 10.3. The van der Waals surface area contributed by atoms with Crippen molar-refractivity contribution in [2.24, 2.45) is 0 Å². The summed E-state index contributed by atoms with van der Waals surface area (Å²) in [4.78, 5) is 27.2. The second-order valence-electron chi connectivity index (χ2n) is 4.16. The van der Waals surface area contributed by atoms with Gasteiger partial charge in [-0.05, 0) is 13.8 Å². The van der Waals surface area contributed by atoms with Crippen molar-refractivity contribution < 1.29 is 23.6 Å². The third-order valence-corrected chi connectivity index (χ3v) is 3.21. The van der Waals surface area contributed by atoms with Gasteiger partial charge in [0, 0.05) is 18.1 Å². The number of ether oxygens (including phenoxy) is 2. The molecule has 2 heterocycles. The van der Waals surface area contributed by atoms with Crippen molar-refractivity contribution in [1.82, 2.24) is 10.1 Å². The molecule has 0 saturated heterocycles. The summed E-state index contributed by atoms with van der Waals surface area (Å²) in [5, 5.41) is 8.09. The summed E-state index contributed by atoms with van der Waals surface area (Å²) in [6.07, 6.45) is 0. The van der Waals surface area contributed by atoms with Crippen molar-refractivity contribution in [3.05, 3.63) is 17.1 Å². The van der Waals surface area contributed by atoms with Crippen LogP contribution in [0.2, 0.25) is 0 Å². The van der Waals surface area contributed by atoms with E-state index in [-0.39, 0.29) is 18.3 Å². The second-order valence-corrected chi connectivity index (χ2v) is 5.02. The number of carbonyl (C=O) groups is 2. The third-order valence-electron chi connectivity index (χ3n) is 2.46. The first-order valence-corrected chi connectivity index (χ1v) is 7.43. The molecule has 22 heavy (non-hydrogen) atoms. The number of hydrogen-bond acceptors (Lipinski definition) is 8. The molecule has 0 aliphatic rings. The minimum absolute atomic E-state index is 0.0283. The van der Waals surface area contributed by atoms with Crippen molar-refractivity contribution in [2.75, 3.05) is 25.1 Å². The molecule has 0 unspecified atom stereocenters. The number of esters is 1. The van der Waals surface area contributed by atoms with Gasteiger partial charge in [-0.3, -0.25) is 10.1 Å². The fourth-order valence-electron chi connectivity index (χ4n) is 1.48. The molecule has 0 atom stereocenters. The molecule has 0 fully saturated rings. The Bertz CT molecular complexity index is 652. The van der Waals surface area contributed by atoms with Crippen molar-refractivity contribution in [3.8, 4) is 11.5 Å². The van der Waals surface area contributed by atoms with E-state index in [4.69, 9.17) is 14.0 Å². The Morgan fingerprint density at radius 1 is 1.41 bits per heavy atom. The summed E-state index contributed by atoms with van der Waals surface area (Å²) in [6, 6.07) is 1.72. The van der Waals surface area contributed by atoms with Gasteiger partial charge in [0.1, 0.15) is 12.3 Å². The van der Waals surface area contributed by atoms with Gasteiger partial charge in [-0.2, -0.15) is 0 Å². The quantitative estimate of drug-likeness (QED) is 0.489. The largest absolute Gasteiger partial charge is 0.456 e. The van der Waals surface area contributed by atoms with E-state index in [1.54, 1.807) is 18.4 Å². The van der Waals surface area contributed by atoms with Gasteiger partial charge in [0.15, 0.2) is 10.9 Å². The predicted molar refractivity (Wildman–Crippen MR) is 78.4 cm³/mol. The van der Waals surface area contributed by atoms with E-state index in [9.17, 15) is 9.59 Å². The van der Waals surface area contributed by atoms with Crippen LogP contribution in [0.3, 0.4) is 0 Å². The van der Waals surface area contributed by atoms with Crippen LogP contribution in [0, 0.1) is 6.92 Å². The van der Waals surface area contributed by atoms with Gasteiger partial charge in [-0.1, -0.05) is 5.16 Å². The maximum Gasteiger partial charge on any atom is 0.397 e. The average Bonchev–Trinajstić information content (AvgIpc) is 3.12. The predicted octanol–water partition coefficient (Wildman–Crippen LogP) is 1.62. The van der Waals surface area contributed by atoms with E-state index in [2.05, 4.69) is 15.5 Å². The molecule has 0 radical (unpaired) electrons. The lowest BCUT2D eigenvalue weighted by Crippen LogP contribution is -2.26. The van der Waals surface area contributed by atoms with Crippen LogP contribution in [0.15, 0.2) is 16.0 Å². The highest BCUT2D eigenvalue weighted by Crippen LogP contribution is 2.25. The summed E-state index contributed by atoms with van der Waals surface area (Å²) in [6.45, 7) is 4.42. The monoisotopic (exact) mass is 325 g/mol. The summed E-state index contributed by atoms with van der Waals surface area (Å²) < 4.78 is 14.8. The Labute approximate surface area is 130 Å². The Morgan fingerprint density at radius 2 is 2.23 bits per heavy atom. The Morgan fingerprint density at radius 3 is 2.91 bits per heavy atom. The van der Waals surface area contributed by atoms with Crippen LogP contribution in [0.4, 0.5) is 5.13 Å². The van der Waals surface area contributed by atoms with Gasteiger partial charge in [0.25, 0.3) is 0 Å². The number of rotatable bonds is 6. The molecule has 0 aliphatic heterocycles. The number of anilines is 1. The normalized spacial score (nSPS) is 10.5. The lowest BCUT2D eigenvalue weighted by molar-refractivity contribution is -0.153. The van der Waals surface area contributed by atoms with Crippen molar-refractivity contribution in [1.29, 1.82) is 0 Å². The molecule has 0 saturated carbocycles. The number of aromatic nitrogens is 2. The summed E-state index contributed by atoms with van der Waals surface area (Å²) >= 11 is 1.17. The number of hydrogen-bond donors (Lipinski definition) is 1. The fraction of sp³-hybridized carbons (Fsp3) is 0.385. The number of aryl methyl sites for hydroxylation is 1. The van der Waals surface area contributed by atoms with Crippen LogP contribution in [-0.4, -0.2) is 41.8 Å². The average molecular weight is 325 g/mol. The fourth-order valence-corrected chi connectivity index (χ4v) is 2.17. The zero-order chi connectivity index (χ0) is 15.9. The summed E-state index contributed by atoms with van der Waals surface area (Å²) in [5.74, 6) is -1.37. The van der Waals surface area contributed by atoms with Gasteiger partial charge in [0.2, 0.25) is 0 Å². The SMILES string of the molecule is CCOCCOC(=O)C(=O)Nc1nc(-c2cc(C)no2)cs1. The molecule has 2 aromatic heterocycles. The minimum atomic E-state index is -0.980. The van der Waals surface area contributed by atoms with Gasteiger partial charge in [0.05, 0.1) is 12.3 Å². The molecule has 0 bridgehead atoms. The van der Waals surface area contributed by atoms with Crippen LogP contribution in [0.25, 0.3) is 11.5 Å². The Balaban J connectivity index is 1.87. The molecule has 1 amide bonds. The molecule has 0 aliphatic carbocycles. The van der Waals surface area contributed by atoms with Crippen molar-refractivity contribution in [2.45, 2.75) is 13.8 Å². The zero-order valence-electron chi connectivity index (χ0n) is 12.1. The van der Waals surface area contributed by atoms with Gasteiger partial charge < -0.3 is 14.0 Å². The molecular weight excluding hydrogens is 310 g/mol. The topological polar surface area (TPSA) is 104 Å². The Hall–Kier alpha value is -2.26. The first-order valence-electron chi connectivity index (χ1n) is 6.55. The highest BCUT2D eigenvalue weighted by molar-refractivity contribution is 7.14. The van der Waals surface area contributed by atoms with Crippen molar-refractivity contribution >= 4 is 28.3 Å². The number of thiazole rings is 1. The highest BCUT2D eigenvalue weighted by atomic mass is 32.1. The number of carbonyl (C=O) groups excluding carboxylic acids is 2. The number of nitrogens with zero attached hydrogens (tertiary/aromatic N) is 2. The zero-order valence-corrected chi connectivity index (χ0v) is 12.9. The third kappa shape index (κ3) is 4.37. The van der Waals surface area contributed by atoms with Gasteiger partial charge in [-0.25, -0.2) is 9.78 Å². The number of amides is 1. The van der Waals surface area contributed by atoms with E-state index >= 15 is 0 Å². The van der Waals surface area contributed by atoms with Crippen LogP contribution in [0.5, 0.6) is 0 Å². The Kier molecular flexibility index (Phi) is 5.61. The standard InChI is InChI=1S/C13H15N3O5S/c1-3-19-4-5-20-12(18)11(17)15-13-14-9(7-22-13)10-6-8(2)16-21-10/h6-7H,3-5H2,1-2H3,(H,14,15,17). The molecule has 0 spiro atoms. The van der Waals surface area contributed by atoms with Crippen LogP contribution in [-0.2, 0) is 19.1 Å². The van der Waals surface area contributed by atoms with Gasteiger partial charge >= 0.3 is 11.9 Å². The molecular formula is C13H15N3O5S. The van der Waals surface area contributed by atoms with Crippen LogP contribution < -0.4 is 5.32 Å². The first kappa shape index (κ1) is 16.1. The minimum Gasteiger partial charge on any atom is -0.456 e. The molecule has 118 valence electrons. The number of nitrogens with one attached hydrogen (secondary N) is 1. The molecule has 9 heteroatoms. The van der Waals surface area contributed by atoms with Crippen molar-refractivity contribution in [3.63, 3.8) is 0 Å². The molecule has 0 aromatic carbocycles. The van der Waals surface area contributed by atoms with Crippen LogP contribution >= 0.6 is 11.3 Å². The summed E-state index contributed by atoms with van der Waals surface area (Å²) in [7, 11) is 0. The maximum absolute atomic E-state index is 11.6. The second kappa shape index (κ2) is 7.66. The maximum atomic E-state index is 11.6. The molecule has 2 rings (SSSR count). The van der Waals surface area contributed by atoms with E-state index in [1.807, 2.05) is 6.92 Å². The highest BCUT2D eigenvalue weighted by Gasteiger charge is 2.18. The van der Waals surface area contributed by atoms with Gasteiger partial charge in [-0.15, -0.1) is 11.3 Å².